The minimum Gasteiger partial charge on any atom is -0.490 e. The minimum absolute atomic E-state index is 0.128. The molecule has 3 aromatic rings. The lowest BCUT2D eigenvalue weighted by atomic mass is 9.87. The smallest absolute Gasteiger partial charge is 0.187 e. The Bertz CT molecular complexity index is 1040. The van der Waals surface area contributed by atoms with Gasteiger partial charge in [0.15, 0.2) is 5.11 Å². The zero-order chi connectivity index (χ0) is 23.5. The second kappa shape index (κ2) is 12.0. The molecule has 0 aliphatic rings. The molecule has 0 saturated carbocycles. The van der Waals surface area contributed by atoms with Crippen LogP contribution in [0.2, 0.25) is 0 Å². The van der Waals surface area contributed by atoms with Gasteiger partial charge in [-0.2, -0.15) is 5.10 Å². The number of ether oxygens (including phenoxy) is 2. The van der Waals surface area contributed by atoms with E-state index in [1.165, 1.54) is 5.56 Å². The Morgan fingerprint density at radius 2 is 1.55 bits per heavy atom. The van der Waals surface area contributed by atoms with Crippen molar-refractivity contribution in [3.63, 3.8) is 0 Å². The maximum absolute atomic E-state index is 5.91. The molecule has 0 bridgehead atoms. The standard InChI is InChI=1S/C27H31N3O2S/c1-27(2,3)23-13-15-24(16-14-23)31-17-18-32-25-12-8-7-11-22(25)20-29-30-26(33)28-19-21-9-5-4-6-10-21/h4-16,20H,17-19H2,1-3H3,(H2,28,30,33). The fourth-order valence-corrected chi connectivity index (χ4v) is 3.18. The predicted molar refractivity (Wildman–Crippen MR) is 139 cm³/mol. The first kappa shape index (κ1) is 24.3. The maximum Gasteiger partial charge on any atom is 0.187 e. The number of nitrogens with one attached hydrogen (secondary N) is 2. The zero-order valence-electron chi connectivity index (χ0n) is 19.4. The van der Waals surface area contributed by atoms with E-state index in [2.05, 4.69) is 48.7 Å². The van der Waals surface area contributed by atoms with Crippen LogP contribution in [0.3, 0.4) is 0 Å². The summed E-state index contributed by atoms with van der Waals surface area (Å²) in [6, 6.07) is 26.0. The first-order valence-electron chi connectivity index (χ1n) is 11.0. The lowest BCUT2D eigenvalue weighted by Crippen LogP contribution is -2.31. The van der Waals surface area contributed by atoms with Gasteiger partial charge in [0.25, 0.3) is 0 Å². The van der Waals surface area contributed by atoms with Crippen molar-refractivity contribution in [2.24, 2.45) is 5.10 Å². The third kappa shape index (κ3) is 8.24. The average Bonchev–Trinajstić information content (AvgIpc) is 2.82. The van der Waals surface area contributed by atoms with Crippen molar-refractivity contribution in [2.45, 2.75) is 32.7 Å². The molecule has 0 aromatic heterocycles. The van der Waals surface area contributed by atoms with Gasteiger partial charge in [-0.1, -0.05) is 75.4 Å². The molecule has 0 fully saturated rings. The largest absolute Gasteiger partial charge is 0.490 e. The number of thiocarbonyl (C=S) groups is 1. The Kier molecular flexibility index (Phi) is 8.84. The Hall–Kier alpha value is -3.38. The zero-order valence-corrected chi connectivity index (χ0v) is 20.2. The fraction of sp³-hybridized carbons (Fsp3) is 0.259. The molecular weight excluding hydrogens is 430 g/mol. The summed E-state index contributed by atoms with van der Waals surface area (Å²) in [6.45, 7) is 8.11. The highest BCUT2D eigenvalue weighted by atomic mass is 32.1. The summed E-state index contributed by atoms with van der Waals surface area (Å²) in [4.78, 5) is 0. The number of hydrazone groups is 1. The van der Waals surface area contributed by atoms with E-state index >= 15 is 0 Å². The van der Waals surface area contributed by atoms with Crippen molar-refractivity contribution in [1.82, 2.24) is 10.7 Å². The average molecular weight is 462 g/mol. The second-order valence-electron chi connectivity index (χ2n) is 8.55. The fourth-order valence-electron chi connectivity index (χ4n) is 3.06. The van der Waals surface area contributed by atoms with Crippen molar-refractivity contribution >= 4 is 23.5 Å². The van der Waals surface area contributed by atoms with Crippen LogP contribution in [0.15, 0.2) is 84.0 Å². The van der Waals surface area contributed by atoms with Crippen LogP contribution in [0.5, 0.6) is 11.5 Å². The van der Waals surface area contributed by atoms with Crippen LogP contribution >= 0.6 is 12.2 Å². The maximum atomic E-state index is 5.91. The van der Waals surface area contributed by atoms with E-state index in [4.69, 9.17) is 21.7 Å². The Morgan fingerprint density at radius 3 is 2.27 bits per heavy atom. The Labute approximate surface area is 201 Å². The lowest BCUT2D eigenvalue weighted by molar-refractivity contribution is 0.217. The SMILES string of the molecule is CC(C)(C)c1ccc(OCCOc2ccccc2C=NNC(=S)NCc2ccccc2)cc1. The lowest BCUT2D eigenvalue weighted by Gasteiger charge is -2.19. The highest BCUT2D eigenvalue weighted by molar-refractivity contribution is 7.80. The molecule has 172 valence electrons. The second-order valence-corrected chi connectivity index (χ2v) is 8.96. The van der Waals surface area contributed by atoms with Gasteiger partial charge in [0.05, 0.1) is 6.21 Å². The number of para-hydroxylation sites is 1. The van der Waals surface area contributed by atoms with Crippen molar-refractivity contribution in [3.8, 4) is 11.5 Å². The molecule has 5 nitrogen and oxygen atoms in total. The molecule has 0 heterocycles. The van der Waals surface area contributed by atoms with Crippen LogP contribution in [-0.2, 0) is 12.0 Å². The van der Waals surface area contributed by atoms with Gasteiger partial charge in [0, 0.05) is 12.1 Å². The van der Waals surface area contributed by atoms with Gasteiger partial charge in [-0.05, 0) is 53.0 Å². The van der Waals surface area contributed by atoms with Crippen LogP contribution in [0.4, 0.5) is 0 Å². The molecule has 0 amide bonds. The quantitative estimate of drug-likeness (QED) is 0.192. The molecule has 0 radical (unpaired) electrons. The molecule has 3 aromatic carbocycles. The van der Waals surface area contributed by atoms with E-state index < -0.39 is 0 Å². The van der Waals surface area contributed by atoms with E-state index in [9.17, 15) is 0 Å². The Morgan fingerprint density at radius 1 is 0.879 bits per heavy atom. The van der Waals surface area contributed by atoms with Crippen LogP contribution < -0.4 is 20.2 Å². The van der Waals surface area contributed by atoms with E-state index in [0.717, 1.165) is 22.6 Å². The third-order valence-corrected chi connectivity index (χ3v) is 5.15. The first-order chi connectivity index (χ1) is 15.9. The van der Waals surface area contributed by atoms with Crippen LogP contribution in [-0.4, -0.2) is 24.5 Å². The summed E-state index contributed by atoms with van der Waals surface area (Å²) in [7, 11) is 0. The van der Waals surface area contributed by atoms with E-state index in [0.29, 0.717) is 24.9 Å². The molecular formula is C27H31N3O2S. The van der Waals surface area contributed by atoms with Gasteiger partial charge in [-0.15, -0.1) is 0 Å². The number of rotatable bonds is 9. The Balaban J connectivity index is 1.43. The van der Waals surface area contributed by atoms with Gasteiger partial charge >= 0.3 is 0 Å². The van der Waals surface area contributed by atoms with Gasteiger partial charge in [-0.25, -0.2) is 0 Å². The van der Waals surface area contributed by atoms with E-state index in [1.54, 1.807) is 6.21 Å². The molecule has 0 aliphatic carbocycles. The summed E-state index contributed by atoms with van der Waals surface area (Å²) in [5.74, 6) is 1.57. The summed E-state index contributed by atoms with van der Waals surface area (Å²) < 4.78 is 11.7. The van der Waals surface area contributed by atoms with Gasteiger partial charge in [-0.3, -0.25) is 5.43 Å². The number of hydrogen-bond acceptors (Lipinski definition) is 4. The molecule has 3 rings (SSSR count). The number of benzene rings is 3. The van der Waals surface area contributed by atoms with Gasteiger partial charge in [0.2, 0.25) is 0 Å². The molecule has 0 unspecified atom stereocenters. The molecule has 0 aliphatic heterocycles. The summed E-state index contributed by atoms with van der Waals surface area (Å²) in [5, 5.41) is 7.81. The highest BCUT2D eigenvalue weighted by Gasteiger charge is 2.12. The van der Waals surface area contributed by atoms with Gasteiger partial charge in [0.1, 0.15) is 24.7 Å². The highest BCUT2D eigenvalue weighted by Crippen LogP contribution is 2.24. The van der Waals surface area contributed by atoms with Gasteiger partial charge < -0.3 is 14.8 Å². The molecule has 0 spiro atoms. The molecule has 0 atom stereocenters. The molecule has 0 saturated heterocycles. The monoisotopic (exact) mass is 461 g/mol. The summed E-state index contributed by atoms with van der Waals surface area (Å²) in [6.07, 6.45) is 1.69. The number of nitrogens with zero attached hydrogens (tertiary/aromatic N) is 1. The summed E-state index contributed by atoms with van der Waals surface area (Å²) in [5.41, 5.74) is 6.25. The van der Waals surface area contributed by atoms with Crippen LogP contribution in [0, 0.1) is 0 Å². The van der Waals surface area contributed by atoms with E-state index in [-0.39, 0.29) is 5.41 Å². The minimum atomic E-state index is 0.128. The van der Waals surface area contributed by atoms with Crippen LogP contribution in [0.25, 0.3) is 0 Å². The topological polar surface area (TPSA) is 54.9 Å². The van der Waals surface area contributed by atoms with Crippen molar-refractivity contribution < 1.29 is 9.47 Å². The predicted octanol–water partition coefficient (Wildman–Crippen LogP) is 5.44. The van der Waals surface area contributed by atoms with E-state index in [1.807, 2.05) is 66.7 Å². The molecule has 6 heteroatoms. The van der Waals surface area contributed by atoms with Crippen molar-refractivity contribution in [3.05, 3.63) is 95.6 Å². The summed E-state index contributed by atoms with van der Waals surface area (Å²) >= 11 is 5.28. The van der Waals surface area contributed by atoms with Crippen molar-refractivity contribution in [1.29, 1.82) is 0 Å². The first-order valence-corrected chi connectivity index (χ1v) is 11.4. The molecule has 33 heavy (non-hydrogen) atoms. The third-order valence-electron chi connectivity index (χ3n) is 4.91. The molecule has 2 N–H and O–H groups in total. The van der Waals surface area contributed by atoms with Crippen molar-refractivity contribution in [2.75, 3.05) is 13.2 Å². The number of hydrogen-bond donors (Lipinski definition) is 2. The van der Waals surface area contributed by atoms with Crippen LogP contribution in [0.1, 0.15) is 37.5 Å². The normalized spacial score (nSPS) is 11.2.